The van der Waals surface area contributed by atoms with Crippen molar-refractivity contribution in [2.45, 2.75) is 0 Å². The molecule has 1 rings (SSSR count). The normalized spacial score (nSPS) is 11.0. The van der Waals surface area contributed by atoms with Crippen LogP contribution in [0.15, 0.2) is 12.1 Å². The maximum atomic E-state index is 12.6. The lowest BCUT2D eigenvalue weighted by Gasteiger charge is -2.25. The summed E-state index contributed by atoms with van der Waals surface area (Å²) < 4.78 is 27.1. The molecule has 29 heavy (non-hydrogen) atoms. The van der Waals surface area contributed by atoms with E-state index in [0.29, 0.717) is 11.9 Å². The van der Waals surface area contributed by atoms with Gasteiger partial charge in [-0.3, -0.25) is 19.1 Å². The van der Waals surface area contributed by atoms with Gasteiger partial charge in [0.2, 0.25) is 0 Å². The van der Waals surface area contributed by atoms with Gasteiger partial charge < -0.3 is 14.9 Å². The second-order valence-corrected chi connectivity index (χ2v) is 8.34. The van der Waals surface area contributed by atoms with E-state index in [2.05, 4.69) is 15.9 Å². The van der Waals surface area contributed by atoms with E-state index < -0.39 is 26.6 Å². The molecule has 0 saturated carbocycles. The Morgan fingerprint density at radius 3 is 2.52 bits per heavy atom. The Labute approximate surface area is 176 Å². The first kappa shape index (κ1) is 24.8. The number of hydrogen-bond acceptors (Lipinski definition) is 9. The number of hydrogen-bond donors (Lipinski definition) is 1. The first-order valence-electron chi connectivity index (χ1n) is 8.29. The van der Waals surface area contributed by atoms with Gasteiger partial charge in [0.25, 0.3) is 21.7 Å². The third kappa shape index (κ3) is 7.24. The van der Waals surface area contributed by atoms with Gasteiger partial charge in [0.15, 0.2) is 0 Å². The van der Waals surface area contributed by atoms with Gasteiger partial charge in [0.05, 0.1) is 35.6 Å². The third-order valence-electron chi connectivity index (χ3n) is 3.80. The van der Waals surface area contributed by atoms with Crippen LogP contribution in [-0.2, 0) is 14.3 Å². The van der Waals surface area contributed by atoms with Crippen LogP contribution in [0.25, 0.3) is 0 Å². The summed E-state index contributed by atoms with van der Waals surface area (Å²) in [5, 5.41) is 30.4. The number of nitrogens with zero attached hydrogens (tertiary/aromatic N) is 4. The zero-order valence-corrected chi connectivity index (χ0v) is 18.3. The number of nitro groups is 1. The SMILES string of the molecule is CN(CCO)C(=O)c1cc(N(CCBr)CCOS(C)(=O)=O)c(C#N)cc1[N+](=O)[O-]. The third-order valence-corrected chi connectivity index (χ3v) is 4.75. The number of rotatable bonds is 11. The molecule has 1 amide bonds. The van der Waals surface area contributed by atoms with Gasteiger partial charge in [-0.2, -0.15) is 13.7 Å². The number of amides is 1. The van der Waals surface area contributed by atoms with Crippen molar-refractivity contribution in [3.63, 3.8) is 0 Å². The lowest BCUT2D eigenvalue weighted by molar-refractivity contribution is -0.385. The molecule has 0 bridgehead atoms. The molecule has 13 heteroatoms. The highest BCUT2D eigenvalue weighted by molar-refractivity contribution is 9.09. The van der Waals surface area contributed by atoms with Crippen LogP contribution in [0.4, 0.5) is 11.4 Å². The van der Waals surface area contributed by atoms with Crippen LogP contribution in [-0.4, -0.2) is 80.7 Å². The second kappa shape index (κ2) is 11.1. The quantitative estimate of drug-likeness (QED) is 0.203. The molecule has 1 aromatic carbocycles. The highest BCUT2D eigenvalue weighted by atomic mass is 79.9. The van der Waals surface area contributed by atoms with Crippen LogP contribution in [0.3, 0.4) is 0 Å². The van der Waals surface area contributed by atoms with Crippen molar-refractivity contribution in [1.29, 1.82) is 5.26 Å². The molecule has 0 radical (unpaired) electrons. The topological polar surface area (TPSA) is 154 Å². The van der Waals surface area contributed by atoms with Crippen molar-refractivity contribution in [3.8, 4) is 6.07 Å². The summed E-state index contributed by atoms with van der Waals surface area (Å²) in [7, 11) is -2.28. The standard InChI is InChI=1S/C16H21BrN4O7S/c1-19(5-7-22)16(23)13-10-14(12(11-18)9-15(13)21(24)25)20(4-3-17)6-8-28-29(2,26)27/h9-10,22H,3-8H2,1-2H3. The van der Waals surface area contributed by atoms with Gasteiger partial charge >= 0.3 is 0 Å². The van der Waals surface area contributed by atoms with Crippen molar-refractivity contribution in [3.05, 3.63) is 33.4 Å². The number of carbonyl (C=O) groups excluding carboxylic acids is 1. The minimum atomic E-state index is -3.67. The summed E-state index contributed by atoms with van der Waals surface area (Å²) in [6.07, 6.45) is 0.905. The summed E-state index contributed by atoms with van der Waals surface area (Å²) >= 11 is 3.26. The monoisotopic (exact) mass is 492 g/mol. The Kier molecular flexibility index (Phi) is 9.44. The number of halogens is 1. The van der Waals surface area contributed by atoms with Gasteiger partial charge in [0.1, 0.15) is 11.6 Å². The Morgan fingerprint density at radius 2 is 2.03 bits per heavy atom. The van der Waals surface area contributed by atoms with E-state index in [1.807, 2.05) is 6.07 Å². The van der Waals surface area contributed by atoms with E-state index in [1.165, 1.54) is 13.1 Å². The number of anilines is 1. The summed E-state index contributed by atoms with van der Waals surface area (Å²) in [6, 6.07) is 4.11. The lowest BCUT2D eigenvalue weighted by Crippen LogP contribution is -2.32. The van der Waals surface area contributed by atoms with Gasteiger partial charge in [-0.15, -0.1) is 0 Å². The van der Waals surface area contributed by atoms with Crippen molar-refractivity contribution >= 4 is 43.3 Å². The number of benzene rings is 1. The number of aliphatic hydroxyl groups excluding tert-OH is 1. The molecule has 0 aliphatic carbocycles. The van der Waals surface area contributed by atoms with Crippen LogP contribution in [0.2, 0.25) is 0 Å². The molecule has 0 unspecified atom stereocenters. The molecule has 0 atom stereocenters. The number of likely N-dealkylation sites (N-methyl/N-ethyl adjacent to an activating group) is 1. The summed E-state index contributed by atoms with van der Waals surface area (Å²) in [5.41, 5.74) is -0.594. The maximum absolute atomic E-state index is 12.6. The Balaban J connectivity index is 3.45. The van der Waals surface area contributed by atoms with Crippen molar-refractivity contribution < 1.29 is 27.4 Å². The zero-order chi connectivity index (χ0) is 22.2. The molecule has 1 aromatic rings. The maximum Gasteiger partial charge on any atom is 0.283 e. The molecule has 11 nitrogen and oxygen atoms in total. The van der Waals surface area contributed by atoms with Gasteiger partial charge in [-0.25, -0.2) is 0 Å². The average Bonchev–Trinajstić information content (AvgIpc) is 2.64. The molecule has 0 saturated heterocycles. The smallest absolute Gasteiger partial charge is 0.283 e. The average molecular weight is 493 g/mol. The van der Waals surface area contributed by atoms with E-state index in [-0.39, 0.29) is 43.1 Å². The number of alkyl halides is 1. The number of carbonyl (C=O) groups is 1. The largest absolute Gasteiger partial charge is 0.395 e. The van der Waals surface area contributed by atoms with E-state index in [1.54, 1.807) is 4.90 Å². The molecule has 0 aliphatic rings. The highest BCUT2D eigenvalue weighted by Crippen LogP contribution is 2.30. The fourth-order valence-electron chi connectivity index (χ4n) is 2.46. The molecule has 160 valence electrons. The number of nitriles is 1. The van der Waals surface area contributed by atoms with Gasteiger partial charge in [-0.1, -0.05) is 15.9 Å². The number of nitro benzene ring substituents is 1. The molecular weight excluding hydrogens is 472 g/mol. The molecule has 0 heterocycles. The Morgan fingerprint density at radius 1 is 1.38 bits per heavy atom. The summed E-state index contributed by atoms with van der Waals surface area (Å²) in [6.45, 7) is -0.178. The predicted molar refractivity (Wildman–Crippen MR) is 109 cm³/mol. The molecule has 0 fully saturated rings. The fourth-order valence-corrected chi connectivity index (χ4v) is 3.27. The number of aliphatic hydroxyl groups is 1. The molecule has 0 aliphatic heterocycles. The minimum Gasteiger partial charge on any atom is -0.395 e. The zero-order valence-electron chi connectivity index (χ0n) is 15.9. The van der Waals surface area contributed by atoms with Crippen molar-refractivity contribution in [1.82, 2.24) is 4.90 Å². The summed E-state index contributed by atoms with van der Waals surface area (Å²) in [5.74, 6) is -0.692. The predicted octanol–water partition coefficient (Wildman–Crippen LogP) is 0.708. The van der Waals surface area contributed by atoms with Crippen LogP contribution in [0.1, 0.15) is 15.9 Å². The lowest BCUT2D eigenvalue weighted by atomic mass is 10.0. The summed E-state index contributed by atoms with van der Waals surface area (Å²) in [4.78, 5) is 26.0. The second-order valence-electron chi connectivity index (χ2n) is 5.91. The first-order chi connectivity index (χ1) is 13.6. The highest BCUT2D eigenvalue weighted by Gasteiger charge is 2.27. The fraction of sp³-hybridized carbons (Fsp3) is 0.500. The van der Waals surface area contributed by atoms with Crippen LogP contribution < -0.4 is 4.90 Å². The van der Waals surface area contributed by atoms with Gasteiger partial charge in [-0.05, 0) is 6.07 Å². The molecule has 0 spiro atoms. The molecule has 0 aromatic heterocycles. The Bertz CT molecular complexity index is 901. The Hall–Kier alpha value is -2.27. The van der Waals surface area contributed by atoms with E-state index in [9.17, 15) is 28.6 Å². The minimum absolute atomic E-state index is 0.0291. The van der Waals surface area contributed by atoms with Crippen LogP contribution >= 0.6 is 15.9 Å². The van der Waals surface area contributed by atoms with Gasteiger partial charge in [0, 0.05) is 38.1 Å². The van der Waals surface area contributed by atoms with Crippen LogP contribution in [0.5, 0.6) is 0 Å². The van der Waals surface area contributed by atoms with E-state index >= 15 is 0 Å². The first-order valence-corrected chi connectivity index (χ1v) is 11.2. The van der Waals surface area contributed by atoms with E-state index in [0.717, 1.165) is 17.2 Å². The van der Waals surface area contributed by atoms with Crippen molar-refractivity contribution in [2.75, 3.05) is 56.4 Å². The molecule has 1 N–H and O–H groups in total. The van der Waals surface area contributed by atoms with Crippen LogP contribution in [0, 0.1) is 21.4 Å². The molecular formula is C16H21BrN4O7S. The van der Waals surface area contributed by atoms with Crippen molar-refractivity contribution in [2.24, 2.45) is 0 Å². The van der Waals surface area contributed by atoms with E-state index in [4.69, 9.17) is 9.29 Å².